The third-order valence-electron chi connectivity index (χ3n) is 2.47. The Balaban J connectivity index is 1.88. The molecule has 94 valence electrons. The minimum atomic E-state index is 0.716. The Bertz CT molecular complexity index is 680. The van der Waals surface area contributed by atoms with Crippen molar-refractivity contribution in [2.45, 2.75) is 6.92 Å². The molecule has 6 heteroatoms. The molecule has 0 amide bonds. The van der Waals surface area contributed by atoms with E-state index in [-0.39, 0.29) is 0 Å². The van der Waals surface area contributed by atoms with Crippen molar-refractivity contribution in [2.75, 3.05) is 5.32 Å². The lowest BCUT2D eigenvalue weighted by molar-refractivity contribution is 1.05. The highest BCUT2D eigenvalue weighted by atomic mass is 32.1. The van der Waals surface area contributed by atoms with Gasteiger partial charge >= 0.3 is 0 Å². The van der Waals surface area contributed by atoms with Crippen LogP contribution in [0.2, 0.25) is 0 Å². The first kappa shape index (κ1) is 11.7. The topological polar surface area (TPSA) is 63.6 Å². The lowest BCUT2D eigenvalue weighted by Gasteiger charge is -2.05. The van der Waals surface area contributed by atoms with E-state index in [4.69, 9.17) is 0 Å². The van der Waals surface area contributed by atoms with Gasteiger partial charge in [-0.15, -0.1) is 10.2 Å². The van der Waals surface area contributed by atoms with E-state index < -0.39 is 0 Å². The SMILES string of the molecule is Cc1nnc(-c2cccc(Nc3cnccn3)c2)s1. The van der Waals surface area contributed by atoms with Crippen molar-refractivity contribution >= 4 is 22.8 Å². The standard InChI is InChI=1S/C13H11N5S/c1-9-17-18-13(19-9)10-3-2-4-11(7-10)16-12-8-14-5-6-15-12/h2-8H,1H3,(H,15,16). The Hall–Kier alpha value is -2.34. The minimum Gasteiger partial charge on any atom is -0.339 e. The molecule has 0 spiro atoms. The van der Waals surface area contributed by atoms with Gasteiger partial charge in [0, 0.05) is 23.6 Å². The third kappa shape index (κ3) is 2.74. The molecule has 1 N–H and O–H groups in total. The molecule has 0 atom stereocenters. The molecule has 3 aromatic rings. The van der Waals surface area contributed by atoms with E-state index in [1.165, 1.54) is 0 Å². The average Bonchev–Trinajstić information content (AvgIpc) is 2.87. The Morgan fingerprint density at radius 2 is 2.11 bits per heavy atom. The Morgan fingerprint density at radius 1 is 1.16 bits per heavy atom. The summed E-state index contributed by atoms with van der Waals surface area (Å²) in [6, 6.07) is 7.99. The highest BCUT2D eigenvalue weighted by Crippen LogP contribution is 2.26. The fourth-order valence-corrected chi connectivity index (χ4v) is 2.34. The average molecular weight is 269 g/mol. The predicted octanol–water partition coefficient (Wildman–Crippen LogP) is 3.05. The molecule has 19 heavy (non-hydrogen) atoms. The van der Waals surface area contributed by atoms with Gasteiger partial charge in [-0.2, -0.15) is 0 Å². The van der Waals surface area contributed by atoms with Gasteiger partial charge < -0.3 is 5.32 Å². The summed E-state index contributed by atoms with van der Waals surface area (Å²) in [5, 5.41) is 13.3. The van der Waals surface area contributed by atoms with Crippen molar-refractivity contribution < 1.29 is 0 Å². The summed E-state index contributed by atoms with van der Waals surface area (Å²) < 4.78 is 0. The van der Waals surface area contributed by atoms with E-state index in [2.05, 4.69) is 25.5 Å². The van der Waals surface area contributed by atoms with Crippen LogP contribution in [0.3, 0.4) is 0 Å². The minimum absolute atomic E-state index is 0.716. The number of aryl methyl sites for hydroxylation is 1. The van der Waals surface area contributed by atoms with Crippen LogP contribution in [0.25, 0.3) is 10.6 Å². The molecule has 0 aliphatic rings. The summed E-state index contributed by atoms with van der Waals surface area (Å²) >= 11 is 1.58. The first-order valence-electron chi connectivity index (χ1n) is 5.75. The molecular weight excluding hydrogens is 258 g/mol. The molecule has 2 aromatic heterocycles. The molecule has 0 aliphatic heterocycles. The lowest BCUT2D eigenvalue weighted by Crippen LogP contribution is -1.93. The molecule has 1 aromatic carbocycles. The normalized spacial score (nSPS) is 10.4. The van der Waals surface area contributed by atoms with Crippen LogP contribution in [0.15, 0.2) is 42.9 Å². The van der Waals surface area contributed by atoms with Crippen molar-refractivity contribution in [3.8, 4) is 10.6 Å². The van der Waals surface area contributed by atoms with Crippen LogP contribution in [0.1, 0.15) is 5.01 Å². The summed E-state index contributed by atoms with van der Waals surface area (Å²) in [5.74, 6) is 0.716. The highest BCUT2D eigenvalue weighted by Gasteiger charge is 2.05. The van der Waals surface area contributed by atoms with Crippen molar-refractivity contribution in [1.29, 1.82) is 0 Å². The number of benzene rings is 1. The third-order valence-corrected chi connectivity index (χ3v) is 3.36. The second-order valence-corrected chi connectivity index (χ2v) is 5.10. The molecule has 2 heterocycles. The Labute approximate surface area is 114 Å². The second kappa shape index (κ2) is 5.11. The first-order valence-corrected chi connectivity index (χ1v) is 6.56. The molecule has 0 aliphatic carbocycles. The molecule has 0 fully saturated rings. The molecule has 0 saturated heterocycles. The van der Waals surface area contributed by atoms with Gasteiger partial charge in [-0.05, 0) is 19.1 Å². The van der Waals surface area contributed by atoms with Crippen molar-refractivity contribution in [3.05, 3.63) is 47.9 Å². The van der Waals surface area contributed by atoms with Crippen LogP contribution in [0.4, 0.5) is 11.5 Å². The van der Waals surface area contributed by atoms with E-state index in [9.17, 15) is 0 Å². The van der Waals surface area contributed by atoms with Gasteiger partial charge in [-0.1, -0.05) is 23.5 Å². The van der Waals surface area contributed by atoms with Crippen LogP contribution in [0, 0.1) is 6.92 Å². The maximum atomic E-state index is 4.18. The Kier molecular flexibility index (Phi) is 3.16. The van der Waals surface area contributed by atoms with Crippen molar-refractivity contribution in [1.82, 2.24) is 20.2 Å². The maximum Gasteiger partial charge on any atom is 0.148 e. The van der Waals surface area contributed by atoms with Gasteiger partial charge in [0.15, 0.2) is 0 Å². The van der Waals surface area contributed by atoms with E-state index >= 15 is 0 Å². The van der Waals surface area contributed by atoms with Crippen molar-refractivity contribution in [3.63, 3.8) is 0 Å². The number of nitrogens with zero attached hydrogens (tertiary/aromatic N) is 4. The van der Waals surface area contributed by atoms with Gasteiger partial charge in [0.05, 0.1) is 6.20 Å². The largest absolute Gasteiger partial charge is 0.339 e. The number of rotatable bonds is 3. The van der Waals surface area contributed by atoms with Gasteiger partial charge in [-0.3, -0.25) is 4.98 Å². The van der Waals surface area contributed by atoms with Crippen LogP contribution in [-0.2, 0) is 0 Å². The van der Waals surface area contributed by atoms with E-state index in [1.807, 2.05) is 31.2 Å². The summed E-state index contributed by atoms with van der Waals surface area (Å²) in [6.07, 6.45) is 4.98. The molecule has 0 unspecified atom stereocenters. The first-order chi connectivity index (χ1) is 9.31. The van der Waals surface area contributed by atoms with Crippen LogP contribution in [0.5, 0.6) is 0 Å². The fourth-order valence-electron chi connectivity index (χ4n) is 1.65. The predicted molar refractivity (Wildman–Crippen MR) is 75.4 cm³/mol. The summed E-state index contributed by atoms with van der Waals surface area (Å²) in [7, 11) is 0. The van der Waals surface area contributed by atoms with Gasteiger partial charge in [0.2, 0.25) is 0 Å². The van der Waals surface area contributed by atoms with E-state index in [1.54, 1.807) is 29.9 Å². The van der Waals surface area contributed by atoms with Gasteiger partial charge in [0.1, 0.15) is 15.8 Å². The second-order valence-electron chi connectivity index (χ2n) is 3.92. The number of anilines is 2. The van der Waals surface area contributed by atoms with E-state index in [0.29, 0.717) is 5.82 Å². The molecular formula is C13H11N5S. The maximum absolute atomic E-state index is 4.18. The smallest absolute Gasteiger partial charge is 0.148 e. The summed E-state index contributed by atoms with van der Waals surface area (Å²) in [4.78, 5) is 8.20. The van der Waals surface area contributed by atoms with Gasteiger partial charge in [0.25, 0.3) is 0 Å². The lowest BCUT2D eigenvalue weighted by atomic mass is 10.2. The number of nitrogens with one attached hydrogen (secondary N) is 1. The molecule has 0 bridgehead atoms. The van der Waals surface area contributed by atoms with Crippen LogP contribution >= 0.6 is 11.3 Å². The van der Waals surface area contributed by atoms with Crippen molar-refractivity contribution in [2.24, 2.45) is 0 Å². The molecule has 3 rings (SSSR count). The fraction of sp³-hybridized carbons (Fsp3) is 0.0769. The number of hydrogen-bond acceptors (Lipinski definition) is 6. The zero-order valence-corrected chi connectivity index (χ0v) is 11.1. The molecule has 5 nitrogen and oxygen atoms in total. The van der Waals surface area contributed by atoms with Crippen LogP contribution in [-0.4, -0.2) is 20.2 Å². The highest BCUT2D eigenvalue weighted by molar-refractivity contribution is 7.14. The molecule has 0 saturated carbocycles. The summed E-state index contributed by atoms with van der Waals surface area (Å²) in [6.45, 7) is 1.95. The summed E-state index contributed by atoms with van der Waals surface area (Å²) in [5.41, 5.74) is 1.99. The Morgan fingerprint density at radius 3 is 2.84 bits per heavy atom. The monoisotopic (exact) mass is 269 g/mol. The zero-order valence-electron chi connectivity index (χ0n) is 10.2. The number of aromatic nitrogens is 4. The molecule has 0 radical (unpaired) electrons. The van der Waals surface area contributed by atoms with Gasteiger partial charge in [-0.25, -0.2) is 4.98 Å². The van der Waals surface area contributed by atoms with Crippen LogP contribution < -0.4 is 5.32 Å². The van der Waals surface area contributed by atoms with E-state index in [0.717, 1.165) is 21.3 Å². The zero-order chi connectivity index (χ0) is 13.1. The quantitative estimate of drug-likeness (QED) is 0.791. The number of hydrogen-bond donors (Lipinski definition) is 1.